The van der Waals surface area contributed by atoms with Crippen molar-refractivity contribution in [1.29, 1.82) is 0 Å². The number of hydrogen-bond acceptors (Lipinski definition) is 14. The molecule has 18 nitrogen and oxygen atoms in total. The van der Waals surface area contributed by atoms with Crippen molar-refractivity contribution >= 4 is 102 Å². The van der Waals surface area contributed by atoms with Crippen molar-refractivity contribution in [3.05, 3.63) is 99.8 Å². The summed E-state index contributed by atoms with van der Waals surface area (Å²) in [6.07, 6.45) is 6.31. The van der Waals surface area contributed by atoms with Gasteiger partial charge in [0.25, 0.3) is 5.91 Å². The molecular weight excluding hydrogens is 960 g/mol. The van der Waals surface area contributed by atoms with Crippen LogP contribution >= 0.6 is 22.9 Å². The molecule has 4 aliphatic rings. The zero-order valence-corrected chi connectivity index (χ0v) is 40.4. The monoisotopic (exact) mass is 1010 g/mol. The average Bonchev–Trinajstić information content (AvgIpc) is 3.81. The Morgan fingerprint density at radius 1 is 0.971 bits per heavy atom. The quantitative estimate of drug-likeness (QED) is 0.0847. The van der Waals surface area contributed by atoms with Crippen LogP contribution in [0, 0.1) is 0 Å². The number of carboxylic acids is 2. The number of carbonyl (C=O) groups excluding carboxylic acids is 3. The lowest BCUT2D eigenvalue weighted by Gasteiger charge is -2.44. The summed E-state index contributed by atoms with van der Waals surface area (Å²) in [6.45, 7) is 4.72. The molecule has 10 rings (SSSR count). The standard InChI is InChI=1S/C49H47ClN8O10S2/c1-49(2)21-29(53-28-6-3-5-27(19-28)43-41(50)42(68-24-39(60)61)44(69-43)48(64)65)15-18-57(49)70(66,67)25-30-22-51-45-35(54-30)20-31(23-52-45)56-16-13-26(14-17-56)32-9-10-36-40-33(32)7-4-8-34(40)47(63)58(36)37-11-12-38(59)55-46(37)62/h3-10,19-20,22-23,26,29,37,53H,11-18,21,24-25H2,1-2H3,(H,60,61)(H,64,65)(H,55,59,62). The summed E-state index contributed by atoms with van der Waals surface area (Å²) < 4.78 is 35.1. The maximum atomic E-state index is 14.2. The molecule has 3 fully saturated rings. The van der Waals surface area contributed by atoms with E-state index in [9.17, 15) is 37.5 Å². The van der Waals surface area contributed by atoms with Gasteiger partial charge in [-0.2, -0.15) is 4.31 Å². The van der Waals surface area contributed by atoms with Gasteiger partial charge in [0.1, 0.15) is 22.3 Å². The molecule has 2 unspecified atom stereocenters. The molecule has 0 bridgehead atoms. The van der Waals surface area contributed by atoms with Crippen LogP contribution in [-0.4, -0.2) is 111 Å². The molecular formula is C49H47ClN8O10S2. The molecule has 0 spiro atoms. The van der Waals surface area contributed by atoms with E-state index >= 15 is 0 Å². The maximum Gasteiger partial charge on any atom is 0.349 e. The lowest BCUT2D eigenvalue weighted by atomic mass is 9.85. The van der Waals surface area contributed by atoms with E-state index in [0.717, 1.165) is 59.3 Å². The number of benzene rings is 3. The van der Waals surface area contributed by atoms with E-state index in [-0.39, 0.29) is 64.6 Å². The first kappa shape index (κ1) is 47.0. The van der Waals surface area contributed by atoms with Crippen molar-refractivity contribution in [2.75, 3.05) is 41.4 Å². The summed E-state index contributed by atoms with van der Waals surface area (Å²) in [4.78, 5) is 79.3. The Bertz CT molecular complexity index is 3280. The van der Waals surface area contributed by atoms with Gasteiger partial charge in [-0.15, -0.1) is 11.3 Å². The topological polar surface area (TPSA) is 242 Å². The summed E-state index contributed by atoms with van der Waals surface area (Å²) in [6, 6.07) is 18.0. The molecule has 21 heteroatoms. The van der Waals surface area contributed by atoms with Crippen LogP contribution in [0.1, 0.15) is 89.6 Å². The van der Waals surface area contributed by atoms with Gasteiger partial charge < -0.3 is 25.2 Å². The molecule has 3 aromatic heterocycles. The van der Waals surface area contributed by atoms with Gasteiger partial charge in [-0.05, 0) is 98.7 Å². The summed E-state index contributed by atoms with van der Waals surface area (Å²) >= 11 is 7.42. The number of aromatic nitrogens is 3. The highest BCUT2D eigenvalue weighted by Gasteiger charge is 2.43. The Labute approximate surface area is 410 Å². The SMILES string of the molecule is CC1(C)CC(Nc2cccc(-c3sc(C(=O)O)c(OCC(=O)O)c3Cl)c2)CCN1S(=O)(=O)Cc1cnc2ncc(N3CCC(c4ccc5c6c(cccc46)C(=O)N5C4CCC(=O)NC4=O)CC3)cc2n1. The zero-order valence-electron chi connectivity index (χ0n) is 38.0. The molecule has 3 saturated heterocycles. The zero-order chi connectivity index (χ0) is 49.2. The fraction of sp³-hybridized carbons (Fsp3) is 0.347. The van der Waals surface area contributed by atoms with E-state index in [4.69, 9.17) is 26.4 Å². The van der Waals surface area contributed by atoms with Crippen LogP contribution in [0.3, 0.4) is 0 Å². The van der Waals surface area contributed by atoms with E-state index in [1.807, 2.05) is 50.2 Å². The number of thiophene rings is 1. The summed E-state index contributed by atoms with van der Waals surface area (Å²) in [7, 11) is -3.86. The third kappa shape index (κ3) is 8.77. The molecule has 0 radical (unpaired) electrons. The van der Waals surface area contributed by atoms with E-state index in [0.29, 0.717) is 57.1 Å². The third-order valence-corrected chi connectivity index (χ3v) is 17.3. The molecule has 2 atom stereocenters. The van der Waals surface area contributed by atoms with Crippen LogP contribution < -0.4 is 25.2 Å². The van der Waals surface area contributed by atoms with Gasteiger partial charge in [0, 0.05) is 54.3 Å². The first-order chi connectivity index (χ1) is 33.5. The predicted octanol–water partition coefficient (Wildman–Crippen LogP) is 7.06. The maximum absolute atomic E-state index is 14.2. The number of hydrogen-bond donors (Lipinski definition) is 4. The summed E-state index contributed by atoms with van der Waals surface area (Å²) in [5, 5.41) is 26.5. The second-order valence-electron chi connectivity index (χ2n) is 18.6. The minimum atomic E-state index is -3.86. The molecule has 0 aliphatic carbocycles. The number of rotatable bonds is 13. The fourth-order valence-electron chi connectivity index (χ4n) is 10.5. The number of aromatic carboxylic acids is 1. The molecule has 4 aliphatic heterocycles. The molecule has 0 saturated carbocycles. The number of amides is 3. The number of carboxylic acid groups (broad SMARTS) is 2. The number of imide groups is 1. The van der Waals surface area contributed by atoms with Gasteiger partial charge in [0.05, 0.1) is 34.3 Å². The Morgan fingerprint density at radius 2 is 1.74 bits per heavy atom. The van der Waals surface area contributed by atoms with E-state index in [2.05, 4.69) is 31.6 Å². The van der Waals surface area contributed by atoms with Crippen LogP contribution in [0.5, 0.6) is 5.75 Å². The van der Waals surface area contributed by atoms with Gasteiger partial charge in [0.15, 0.2) is 22.9 Å². The highest BCUT2D eigenvalue weighted by atomic mass is 35.5. The first-order valence-corrected chi connectivity index (χ1v) is 25.6. The summed E-state index contributed by atoms with van der Waals surface area (Å²) in [5.74, 6) is -3.94. The Hall–Kier alpha value is -6.74. The predicted molar refractivity (Wildman–Crippen MR) is 263 cm³/mol. The molecule has 3 amide bonds. The van der Waals surface area contributed by atoms with Crippen LogP contribution in [0.2, 0.25) is 5.02 Å². The Balaban J connectivity index is 0.788. The third-order valence-electron chi connectivity index (χ3n) is 13.6. The van der Waals surface area contributed by atoms with Gasteiger partial charge in [0.2, 0.25) is 21.8 Å². The normalized spacial score (nSPS) is 19.7. The van der Waals surface area contributed by atoms with Crippen molar-refractivity contribution in [2.24, 2.45) is 0 Å². The largest absolute Gasteiger partial charge is 0.479 e. The average molecular weight is 1010 g/mol. The second-order valence-corrected chi connectivity index (χ2v) is 21.9. The van der Waals surface area contributed by atoms with Crippen LogP contribution in [0.4, 0.5) is 17.1 Å². The smallest absolute Gasteiger partial charge is 0.349 e. The van der Waals surface area contributed by atoms with Crippen LogP contribution in [0.15, 0.2) is 73.1 Å². The van der Waals surface area contributed by atoms with Gasteiger partial charge in [-0.3, -0.25) is 24.6 Å². The van der Waals surface area contributed by atoms with E-state index in [1.54, 1.807) is 29.3 Å². The molecule has 6 aromatic rings. The minimum absolute atomic E-state index is 0.00112. The van der Waals surface area contributed by atoms with Crippen molar-refractivity contribution in [3.8, 4) is 16.2 Å². The van der Waals surface area contributed by atoms with Crippen molar-refractivity contribution in [3.63, 3.8) is 0 Å². The number of carbonyl (C=O) groups is 5. The summed E-state index contributed by atoms with van der Waals surface area (Å²) in [5.41, 5.74) is 4.97. The Kier molecular flexibility index (Phi) is 12.2. The fourth-order valence-corrected chi connectivity index (χ4v) is 13.8. The number of aliphatic carboxylic acids is 1. The number of halogens is 1. The number of nitrogens with one attached hydrogen (secondary N) is 2. The molecule has 70 heavy (non-hydrogen) atoms. The van der Waals surface area contributed by atoms with E-state index < -0.39 is 46.1 Å². The van der Waals surface area contributed by atoms with Crippen molar-refractivity contribution in [1.82, 2.24) is 24.6 Å². The van der Waals surface area contributed by atoms with Gasteiger partial charge in [-0.25, -0.2) is 33.0 Å². The lowest BCUT2D eigenvalue weighted by Crippen LogP contribution is -2.55. The number of pyridine rings is 1. The molecule has 362 valence electrons. The number of sulfonamides is 1. The minimum Gasteiger partial charge on any atom is -0.479 e. The number of anilines is 3. The number of piperidine rings is 3. The van der Waals surface area contributed by atoms with Gasteiger partial charge >= 0.3 is 11.9 Å². The Morgan fingerprint density at radius 3 is 2.49 bits per heavy atom. The lowest BCUT2D eigenvalue weighted by molar-refractivity contribution is -0.139. The highest BCUT2D eigenvalue weighted by Crippen LogP contribution is 2.47. The van der Waals surface area contributed by atoms with Crippen LogP contribution in [-0.2, 0) is 30.2 Å². The molecule has 4 N–H and O–H groups in total. The molecule has 3 aromatic carbocycles. The first-order valence-electron chi connectivity index (χ1n) is 22.8. The number of fused-ring (bicyclic) bond motifs is 1. The number of ether oxygens (including phenoxy) is 1. The van der Waals surface area contributed by atoms with E-state index in [1.165, 1.54) is 10.5 Å². The van der Waals surface area contributed by atoms with Crippen molar-refractivity contribution < 1.29 is 47.3 Å². The van der Waals surface area contributed by atoms with Gasteiger partial charge in [-0.1, -0.05) is 41.9 Å². The highest BCUT2D eigenvalue weighted by molar-refractivity contribution is 7.88. The second kappa shape index (κ2) is 18.2. The van der Waals surface area contributed by atoms with Crippen molar-refractivity contribution in [2.45, 2.75) is 81.7 Å². The van der Waals surface area contributed by atoms with Crippen LogP contribution in [0.25, 0.3) is 32.4 Å². The number of nitrogens with zero attached hydrogens (tertiary/aromatic N) is 6. The molecule has 7 heterocycles.